The van der Waals surface area contributed by atoms with Gasteiger partial charge in [0.1, 0.15) is 11.1 Å². The highest BCUT2D eigenvalue weighted by Crippen LogP contribution is 2.36. The molecule has 112 valence electrons. The second kappa shape index (κ2) is 7.48. The van der Waals surface area contributed by atoms with Gasteiger partial charge >= 0.3 is 5.97 Å². The van der Waals surface area contributed by atoms with Gasteiger partial charge in [-0.25, -0.2) is 0 Å². The molecule has 0 unspecified atom stereocenters. The summed E-state index contributed by atoms with van der Waals surface area (Å²) in [6.45, 7) is 0. The molecule has 0 saturated heterocycles. The minimum atomic E-state index is -0.937. The Morgan fingerprint density at radius 2 is 2.05 bits per heavy atom. The predicted molar refractivity (Wildman–Crippen MR) is 83.9 cm³/mol. The zero-order valence-electron chi connectivity index (χ0n) is 11.5. The van der Waals surface area contributed by atoms with E-state index in [0.29, 0.717) is 10.6 Å². The molecule has 0 aliphatic heterocycles. The molecule has 0 fully saturated rings. The fourth-order valence-corrected chi connectivity index (χ4v) is 4.13. The molecule has 0 spiro atoms. The Bertz CT molecular complexity index is 590. The van der Waals surface area contributed by atoms with Crippen LogP contribution in [0.4, 0.5) is 5.00 Å². The largest absolute Gasteiger partial charge is 0.481 e. The molecule has 1 amide bonds. The van der Waals surface area contributed by atoms with Crippen LogP contribution in [0.3, 0.4) is 0 Å². The summed E-state index contributed by atoms with van der Waals surface area (Å²) in [6.07, 6.45) is 5.26. The zero-order chi connectivity index (χ0) is 15.2. The van der Waals surface area contributed by atoms with Gasteiger partial charge in [0.25, 0.3) is 0 Å². The number of carboxylic acids is 1. The summed E-state index contributed by atoms with van der Waals surface area (Å²) in [7, 11) is 0. The van der Waals surface area contributed by atoms with Crippen LogP contribution in [0.25, 0.3) is 0 Å². The van der Waals surface area contributed by atoms with Crippen LogP contribution in [0.1, 0.15) is 35.3 Å². The van der Waals surface area contributed by atoms with Gasteiger partial charge in [0.05, 0.1) is 17.1 Å². The smallest absolute Gasteiger partial charge is 0.313 e. The fraction of sp³-hybridized carbons (Fsp3) is 0.500. The average molecular weight is 324 g/mol. The number of thioether (sulfide) groups is 1. The fourth-order valence-electron chi connectivity index (χ4n) is 2.34. The lowest BCUT2D eigenvalue weighted by Crippen LogP contribution is -2.15. The Morgan fingerprint density at radius 3 is 2.76 bits per heavy atom. The number of carbonyl (C=O) groups is 2. The van der Waals surface area contributed by atoms with Crippen LogP contribution in [0, 0.1) is 11.3 Å². The number of thiophene rings is 1. The summed E-state index contributed by atoms with van der Waals surface area (Å²) in [5, 5.41) is 21.3. The highest BCUT2D eigenvalue weighted by atomic mass is 32.2. The minimum absolute atomic E-state index is 0.0831. The summed E-state index contributed by atoms with van der Waals surface area (Å²) in [6, 6.07) is 2.21. The Morgan fingerprint density at radius 1 is 1.29 bits per heavy atom. The number of nitriles is 1. The third-order valence-electron chi connectivity index (χ3n) is 3.24. The molecular formula is C14H16N2O3S2. The van der Waals surface area contributed by atoms with Gasteiger partial charge in [-0.3, -0.25) is 9.59 Å². The standard InChI is InChI=1S/C14H16N2O3S2/c15-6-10-9-4-2-1-3-5-11(9)21-14(10)16-12(17)7-20-8-13(18)19/h1-5,7-8H2,(H,16,17)(H,18,19). The highest BCUT2D eigenvalue weighted by molar-refractivity contribution is 8.00. The molecule has 2 N–H and O–H groups in total. The number of amides is 1. The number of carbonyl (C=O) groups excluding carboxylic acids is 1. The molecule has 1 aromatic rings. The first kappa shape index (κ1) is 15.9. The van der Waals surface area contributed by atoms with Crippen molar-refractivity contribution >= 4 is 40.0 Å². The number of aryl methyl sites for hydroxylation is 1. The summed E-state index contributed by atoms with van der Waals surface area (Å²) in [4.78, 5) is 23.4. The van der Waals surface area contributed by atoms with Gasteiger partial charge in [-0.15, -0.1) is 23.1 Å². The Balaban J connectivity index is 2.05. The maximum atomic E-state index is 11.8. The maximum Gasteiger partial charge on any atom is 0.313 e. The van der Waals surface area contributed by atoms with E-state index in [2.05, 4.69) is 11.4 Å². The van der Waals surface area contributed by atoms with Crippen molar-refractivity contribution in [2.75, 3.05) is 16.8 Å². The van der Waals surface area contributed by atoms with Gasteiger partial charge in [-0.05, 0) is 31.2 Å². The molecule has 1 aromatic heterocycles. The third-order valence-corrected chi connectivity index (χ3v) is 5.37. The van der Waals surface area contributed by atoms with Crippen molar-refractivity contribution < 1.29 is 14.7 Å². The van der Waals surface area contributed by atoms with Crippen molar-refractivity contribution in [2.24, 2.45) is 0 Å². The molecule has 1 heterocycles. The summed E-state index contributed by atoms with van der Waals surface area (Å²) in [5.74, 6) is -1.21. The van der Waals surface area contributed by atoms with Crippen molar-refractivity contribution in [1.29, 1.82) is 5.26 Å². The van der Waals surface area contributed by atoms with E-state index in [4.69, 9.17) is 5.11 Å². The second-order valence-electron chi connectivity index (χ2n) is 4.82. The average Bonchev–Trinajstić information content (AvgIpc) is 2.59. The van der Waals surface area contributed by atoms with E-state index >= 15 is 0 Å². The van der Waals surface area contributed by atoms with Gasteiger partial charge in [0.2, 0.25) is 5.91 Å². The highest BCUT2D eigenvalue weighted by Gasteiger charge is 2.20. The van der Waals surface area contributed by atoms with Crippen LogP contribution >= 0.6 is 23.1 Å². The Kier molecular flexibility index (Phi) is 5.65. The van der Waals surface area contributed by atoms with Gasteiger partial charge in [0, 0.05) is 4.88 Å². The molecule has 0 bridgehead atoms. The van der Waals surface area contributed by atoms with E-state index in [1.807, 2.05) is 0 Å². The number of hydrogen-bond donors (Lipinski definition) is 2. The molecule has 7 heteroatoms. The van der Waals surface area contributed by atoms with Crippen molar-refractivity contribution in [2.45, 2.75) is 32.1 Å². The molecule has 0 radical (unpaired) electrons. The number of aliphatic carboxylic acids is 1. The topological polar surface area (TPSA) is 90.2 Å². The van der Waals surface area contributed by atoms with E-state index in [0.717, 1.165) is 43.0 Å². The van der Waals surface area contributed by atoms with E-state index in [-0.39, 0.29) is 17.4 Å². The van der Waals surface area contributed by atoms with Gasteiger partial charge < -0.3 is 10.4 Å². The molecular weight excluding hydrogens is 308 g/mol. The number of hydrogen-bond acceptors (Lipinski definition) is 5. The summed E-state index contributed by atoms with van der Waals surface area (Å²) in [5.41, 5.74) is 1.68. The molecule has 0 saturated carbocycles. The van der Waals surface area contributed by atoms with Crippen molar-refractivity contribution in [3.05, 3.63) is 16.0 Å². The predicted octanol–water partition coefficient (Wildman–Crippen LogP) is 2.64. The molecule has 0 aromatic carbocycles. The lowest BCUT2D eigenvalue weighted by Gasteiger charge is -2.03. The monoisotopic (exact) mass is 324 g/mol. The second-order valence-corrected chi connectivity index (χ2v) is 6.91. The lowest BCUT2D eigenvalue weighted by atomic mass is 10.1. The van der Waals surface area contributed by atoms with Crippen molar-refractivity contribution in [3.63, 3.8) is 0 Å². The van der Waals surface area contributed by atoms with Crippen LogP contribution < -0.4 is 5.32 Å². The minimum Gasteiger partial charge on any atom is -0.481 e. The Labute approximate surface area is 131 Å². The van der Waals surface area contributed by atoms with Crippen LogP contribution in [0.15, 0.2) is 0 Å². The normalized spacial score (nSPS) is 13.9. The summed E-state index contributed by atoms with van der Waals surface area (Å²) >= 11 is 2.54. The van der Waals surface area contributed by atoms with E-state index < -0.39 is 5.97 Å². The van der Waals surface area contributed by atoms with Crippen molar-refractivity contribution in [3.8, 4) is 6.07 Å². The molecule has 1 aliphatic rings. The molecule has 5 nitrogen and oxygen atoms in total. The van der Waals surface area contributed by atoms with Crippen LogP contribution in [0.2, 0.25) is 0 Å². The first-order chi connectivity index (χ1) is 10.1. The van der Waals surface area contributed by atoms with E-state index in [9.17, 15) is 14.9 Å². The Hall–Kier alpha value is -1.52. The zero-order valence-corrected chi connectivity index (χ0v) is 13.1. The number of carboxylic acid groups (broad SMARTS) is 1. The van der Waals surface area contributed by atoms with Gasteiger partial charge in [-0.1, -0.05) is 6.42 Å². The van der Waals surface area contributed by atoms with Gasteiger partial charge in [0.15, 0.2) is 0 Å². The first-order valence-corrected chi connectivity index (χ1v) is 8.73. The SMILES string of the molecule is N#Cc1c(NC(=O)CSCC(=O)O)sc2c1CCCCC2. The van der Waals surface area contributed by atoms with Crippen molar-refractivity contribution in [1.82, 2.24) is 0 Å². The summed E-state index contributed by atoms with van der Waals surface area (Å²) < 4.78 is 0. The quantitative estimate of drug-likeness (QED) is 0.813. The maximum absolute atomic E-state index is 11.8. The van der Waals surface area contributed by atoms with Crippen LogP contribution in [-0.2, 0) is 22.4 Å². The molecule has 2 rings (SSSR count). The van der Waals surface area contributed by atoms with Crippen LogP contribution in [-0.4, -0.2) is 28.5 Å². The molecule has 0 atom stereocenters. The first-order valence-electron chi connectivity index (χ1n) is 6.76. The number of nitrogens with zero attached hydrogens (tertiary/aromatic N) is 1. The van der Waals surface area contributed by atoms with Gasteiger partial charge in [-0.2, -0.15) is 5.26 Å². The lowest BCUT2D eigenvalue weighted by molar-refractivity contribution is -0.133. The number of rotatable bonds is 5. The van der Waals surface area contributed by atoms with Crippen LogP contribution in [0.5, 0.6) is 0 Å². The van der Waals surface area contributed by atoms with E-state index in [1.54, 1.807) is 0 Å². The number of nitrogens with one attached hydrogen (secondary N) is 1. The number of anilines is 1. The number of fused-ring (bicyclic) bond motifs is 1. The molecule has 1 aliphatic carbocycles. The van der Waals surface area contributed by atoms with E-state index in [1.165, 1.54) is 22.6 Å². The third kappa shape index (κ3) is 4.22. The molecule has 21 heavy (non-hydrogen) atoms.